The van der Waals surface area contributed by atoms with Crippen molar-refractivity contribution in [2.45, 2.75) is 13.0 Å². The van der Waals surface area contributed by atoms with Crippen molar-refractivity contribution in [3.63, 3.8) is 0 Å². The van der Waals surface area contributed by atoms with E-state index in [0.717, 1.165) is 17.7 Å². The van der Waals surface area contributed by atoms with Crippen LogP contribution in [0.1, 0.15) is 17.2 Å². The van der Waals surface area contributed by atoms with Gasteiger partial charge in [-0.15, -0.1) is 0 Å². The third-order valence-corrected chi connectivity index (χ3v) is 3.13. The van der Waals surface area contributed by atoms with E-state index in [-0.39, 0.29) is 0 Å². The summed E-state index contributed by atoms with van der Waals surface area (Å²) in [5.41, 5.74) is 7.20. The van der Waals surface area contributed by atoms with Gasteiger partial charge in [-0.25, -0.2) is 0 Å². The second-order valence-electron chi connectivity index (χ2n) is 4.60. The third kappa shape index (κ3) is 4.29. The molecule has 0 fully saturated rings. The Labute approximate surface area is 113 Å². The first-order chi connectivity index (χ1) is 8.41. The fraction of sp³-hybridized carbons (Fsp3) is 0.462. The fourth-order valence-electron chi connectivity index (χ4n) is 1.60. The highest BCUT2D eigenvalue weighted by molar-refractivity contribution is 6.31. The van der Waals surface area contributed by atoms with E-state index in [1.807, 2.05) is 38.1 Å². The van der Waals surface area contributed by atoms with Crippen molar-refractivity contribution in [3.8, 4) is 0 Å². The van der Waals surface area contributed by atoms with Crippen LogP contribution >= 0.6 is 11.6 Å². The number of likely N-dealkylation sites (N-methyl/N-ethyl adjacent to an activating group) is 1. The van der Waals surface area contributed by atoms with Crippen LogP contribution in [0.25, 0.3) is 0 Å². The molecule has 5 heteroatoms. The van der Waals surface area contributed by atoms with Gasteiger partial charge in [-0.2, -0.15) is 0 Å². The highest BCUT2D eigenvalue weighted by atomic mass is 35.5. The predicted molar refractivity (Wildman–Crippen MR) is 74.7 cm³/mol. The van der Waals surface area contributed by atoms with E-state index >= 15 is 0 Å². The van der Waals surface area contributed by atoms with Gasteiger partial charge in [-0.3, -0.25) is 4.79 Å². The summed E-state index contributed by atoms with van der Waals surface area (Å²) in [5.74, 6) is -0.395. The van der Waals surface area contributed by atoms with E-state index < -0.39 is 11.9 Å². The summed E-state index contributed by atoms with van der Waals surface area (Å²) in [4.78, 5) is 13.5. The van der Waals surface area contributed by atoms with E-state index in [4.69, 9.17) is 17.3 Å². The number of primary amides is 1. The zero-order valence-electron chi connectivity index (χ0n) is 11.0. The lowest BCUT2D eigenvalue weighted by Gasteiger charge is -2.18. The number of hydrogen-bond donors (Lipinski definition) is 2. The van der Waals surface area contributed by atoms with Gasteiger partial charge in [-0.05, 0) is 38.2 Å². The molecule has 0 aliphatic carbocycles. The number of halogens is 1. The van der Waals surface area contributed by atoms with Gasteiger partial charge < -0.3 is 16.0 Å². The number of hydrogen-bond acceptors (Lipinski definition) is 3. The molecule has 1 unspecified atom stereocenters. The second-order valence-corrected chi connectivity index (χ2v) is 5.01. The molecule has 18 heavy (non-hydrogen) atoms. The zero-order chi connectivity index (χ0) is 13.7. The van der Waals surface area contributed by atoms with Crippen LogP contribution in [0.4, 0.5) is 0 Å². The van der Waals surface area contributed by atoms with Gasteiger partial charge in [0.25, 0.3) is 0 Å². The molecule has 1 aromatic carbocycles. The summed E-state index contributed by atoms with van der Waals surface area (Å²) in [7, 11) is 3.95. The van der Waals surface area contributed by atoms with E-state index in [2.05, 4.69) is 5.32 Å². The maximum absolute atomic E-state index is 11.5. The quantitative estimate of drug-likeness (QED) is 0.819. The van der Waals surface area contributed by atoms with Gasteiger partial charge >= 0.3 is 0 Å². The predicted octanol–water partition coefficient (Wildman–Crippen LogP) is 1.33. The van der Waals surface area contributed by atoms with Crippen molar-refractivity contribution < 1.29 is 4.79 Å². The lowest BCUT2D eigenvalue weighted by molar-refractivity contribution is -0.120. The molecule has 1 aromatic rings. The van der Waals surface area contributed by atoms with Crippen molar-refractivity contribution >= 4 is 17.5 Å². The number of amides is 1. The van der Waals surface area contributed by atoms with Crippen molar-refractivity contribution in [2.24, 2.45) is 5.73 Å². The Hall–Kier alpha value is -1.10. The van der Waals surface area contributed by atoms with E-state index in [1.165, 1.54) is 0 Å². The number of rotatable bonds is 6. The normalized spacial score (nSPS) is 12.7. The largest absolute Gasteiger partial charge is 0.368 e. The summed E-state index contributed by atoms with van der Waals surface area (Å²) in [6.45, 7) is 3.44. The molecule has 0 spiro atoms. The van der Waals surface area contributed by atoms with Gasteiger partial charge in [0.1, 0.15) is 6.04 Å². The minimum absolute atomic E-state index is 0.395. The highest BCUT2D eigenvalue weighted by Crippen LogP contribution is 2.21. The van der Waals surface area contributed by atoms with E-state index in [0.29, 0.717) is 11.6 Å². The van der Waals surface area contributed by atoms with Crippen LogP contribution in [-0.2, 0) is 4.79 Å². The first-order valence-corrected chi connectivity index (χ1v) is 6.23. The number of carbonyl (C=O) groups excluding carboxylic acids is 1. The van der Waals surface area contributed by atoms with Gasteiger partial charge in [0.2, 0.25) is 5.91 Å². The first kappa shape index (κ1) is 15.0. The summed E-state index contributed by atoms with van der Waals surface area (Å²) in [5, 5.41) is 3.79. The van der Waals surface area contributed by atoms with Crippen molar-refractivity contribution in [1.82, 2.24) is 10.2 Å². The lowest BCUT2D eigenvalue weighted by atomic mass is 10.0. The molecule has 1 rings (SSSR count). The van der Waals surface area contributed by atoms with Crippen LogP contribution in [0.2, 0.25) is 5.02 Å². The molecule has 1 atom stereocenters. The minimum Gasteiger partial charge on any atom is -0.368 e. The number of nitrogens with zero attached hydrogens (tertiary/aromatic N) is 1. The molecule has 0 radical (unpaired) electrons. The number of benzene rings is 1. The molecule has 0 aliphatic heterocycles. The topological polar surface area (TPSA) is 58.4 Å². The van der Waals surface area contributed by atoms with Crippen LogP contribution < -0.4 is 11.1 Å². The number of nitrogens with two attached hydrogens (primary N) is 1. The van der Waals surface area contributed by atoms with Gasteiger partial charge in [0, 0.05) is 18.1 Å². The molecule has 3 N–H and O–H groups in total. The maximum atomic E-state index is 11.5. The molecule has 0 heterocycles. The third-order valence-electron chi connectivity index (χ3n) is 2.72. The Balaban J connectivity index is 2.78. The van der Waals surface area contributed by atoms with E-state index in [9.17, 15) is 4.79 Å². The number of aryl methyl sites for hydroxylation is 1. The minimum atomic E-state index is -0.497. The van der Waals surface area contributed by atoms with Crippen molar-refractivity contribution in [1.29, 1.82) is 0 Å². The molecule has 0 saturated heterocycles. The van der Waals surface area contributed by atoms with Crippen LogP contribution in [0.3, 0.4) is 0 Å². The van der Waals surface area contributed by atoms with Gasteiger partial charge in [0.15, 0.2) is 0 Å². The summed E-state index contributed by atoms with van der Waals surface area (Å²) in [6, 6.07) is 5.05. The summed E-state index contributed by atoms with van der Waals surface area (Å²) in [6.07, 6.45) is 0. The molecule has 0 bridgehead atoms. The fourth-order valence-corrected chi connectivity index (χ4v) is 1.79. The number of carbonyl (C=O) groups is 1. The summed E-state index contributed by atoms with van der Waals surface area (Å²) < 4.78 is 0. The molecule has 0 aliphatic rings. The molecule has 0 aromatic heterocycles. The van der Waals surface area contributed by atoms with Crippen LogP contribution in [-0.4, -0.2) is 38.0 Å². The van der Waals surface area contributed by atoms with Crippen molar-refractivity contribution in [2.75, 3.05) is 27.2 Å². The monoisotopic (exact) mass is 269 g/mol. The molecule has 4 nitrogen and oxygen atoms in total. The van der Waals surface area contributed by atoms with Crippen LogP contribution in [0, 0.1) is 6.92 Å². The SMILES string of the molecule is Cc1ccc(C(NCCN(C)C)C(N)=O)cc1Cl. The molecule has 1 amide bonds. The van der Waals surface area contributed by atoms with E-state index in [1.54, 1.807) is 6.07 Å². The molecular formula is C13H20ClN3O. The standard InChI is InChI=1S/C13H20ClN3O/c1-9-4-5-10(8-11(9)14)12(13(15)18)16-6-7-17(2)3/h4-5,8,12,16H,6-7H2,1-3H3,(H2,15,18). The van der Waals surface area contributed by atoms with Gasteiger partial charge in [0.05, 0.1) is 0 Å². The molecular weight excluding hydrogens is 250 g/mol. The average molecular weight is 270 g/mol. The Morgan fingerprint density at radius 2 is 2.17 bits per heavy atom. The Morgan fingerprint density at radius 1 is 1.50 bits per heavy atom. The Morgan fingerprint density at radius 3 is 2.67 bits per heavy atom. The maximum Gasteiger partial charge on any atom is 0.239 e. The zero-order valence-corrected chi connectivity index (χ0v) is 11.8. The van der Waals surface area contributed by atoms with Gasteiger partial charge in [-0.1, -0.05) is 23.7 Å². The summed E-state index contributed by atoms with van der Waals surface area (Å²) >= 11 is 6.06. The molecule has 0 saturated carbocycles. The first-order valence-electron chi connectivity index (χ1n) is 5.85. The highest BCUT2D eigenvalue weighted by Gasteiger charge is 2.17. The van der Waals surface area contributed by atoms with Crippen LogP contribution in [0.5, 0.6) is 0 Å². The second kappa shape index (κ2) is 6.73. The lowest BCUT2D eigenvalue weighted by Crippen LogP contribution is -2.37. The Bertz CT molecular complexity index is 421. The van der Waals surface area contributed by atoms with Crippen LogP contribution in [0.15, 0.2) is 18.2 Å². The smallest absolute Gasteiger partial charge is 0.239 e. The molecule has 100 valence electrons. The van der Waals surface area contributed by atoms with Crippen molar-refractivity contribution in [3.05, 3.63) is 34.3 Å². The average Bonchev–Trinajstić information content (AvgIpc) is 2.27. The number of nitrogens with one attached hydrogen (secondary N) is 1. The Kier molecular flexibility index (Phi) is 5.59.